The van der Waals surface area contributed by atoms with Crippen LogP contribution in [0.4, 0.5) is 8.78 Å². The minimum atomic E-state index is -0.626. The van der Waals surface area contributed by atoms with Gasteiger partial charge in [-0.05, 0) is 12.5 Å². The molecule has 1 unspecified atom stereocenters. The van der Waals surface area contributed by atoms with E-state index >= 15 is 0 Å². The lowest BCUT2D eigenvalue weighted by atomic mass is 10.1. The maximum absolute atomic E-state index is 13.1. The molecular weight excluding hydrogens is 242 g/mol. The highest BCUT2D eigenvalue weighted by atomic mass is 79.9. The first-order valence-electron chi connectivity index (χ1n) is 3.94. The molecule has 70 valence electrons. The van der Waals surface area contributed by atoms with Crippen molar-refractivity contribution in [3.05, 3.63) is 29.3 Å². The Bertz CT molecular complexity index is 341. The summed E-state index contributed by atoms with van der Waals surface area (Å²) in [6.45, 7) is 0.464. The standard InChI is InChI=1S/C9H7BrF2O/c10-7-1-2-13-9-6(7)3-5(11)4-8(9)12/h3-4,7H,1-2H2. The van der Waals surface area contributed by atoms with Gasteiger partial charge in [-0.1, -0.05) is 15.9 Å². The maximum atomic E-state index is 13.1. The molecule has 0 aliphatic carbocycles. The smallest absolute Gasteiger partial charge is 0.168 e. The SMILES string of the molecule is Fc1cc(F)c2c(c1)C(Br)CCO2. The van der Waals surface area contributed by atoms with Gasteiger partial charge in [-0.25, -0.2) is 8.78 Å². The van der Waals surface area contributed by atoms with Crippen molar-refractivity contribution in [1.29, 1.82) is 0 Å². The summed E-state index contributed by atoms with van der Waals surface area (Å²) in [6, 6.07) is 2.14. The molecule has 0 fully saturated rings. The molecular formula is C9H7BrF2O. The van der Waals surface area contributed by atoms with E-state index in [9.17, 15) is 8.78 Å². The Morgan fingerprint density at radius 1 is 1.38 bits per heavy atom. The van der Waals surface area contributed by atoms with Crippen molar-refractivity contribution < 1.29 is 13.5 Å². The zero-order valence-corrected chi connectivity index (χ0v) is 8.27. The van der Waals surface area contributed by atoms with Gasteiger partial charge in [-0.3, -0.25) is 0 Å². The Morgan fingerprint density at radius 2 is 2.15 bits per heavy atom. The zero-order chi connectivity index (χ0) is 9.42. The summed E-state index contributed by atoms with van der Waals surface area (Å²) >= 11 is 3.34. The van der Waals surface area contributed by atoms with Crippen LogP contribution in [0.15, 0.2) is 12.1 Å². The van der Waals surface area contributed by atoms with Crippen LogP contribution in [0.3, 0.4) is 0 Å². The van der Waals surface area contributed by atoms with Crippen molar-refractivity contribution in [3.63, 3.8) is 0 Å². The molecule has 0 saturated heterocycles. The van der Waals surface area contributed by atoms with Gasteiger partial charge in [-0.2, -0.15) is 0 Å². The van der Waals surface area contributed by atoms with Crippen LogP contribution in [0.5, 0.6) is 5.75 Å². The second-order valence-electron chi connectivity index (χ2n) is 2.91. The minimum absolute atomic E-state index is 0.0125. The van der Waals surface area contributed by atoms with Gasteiger partial charge in [0.1, 0.15) is 5.82 Å². The molecule has 0 N–H and O–H groups in total. The lowest BCUT2D eigenvalue weighted by molar-refractivity contribution is 0.271. The zero-order valence-electron chi connectivity index (χ0n) is 6.69. The van der Waals surface area contributed by atoms with Gasteiger partial charge in [0.2, 0.25) is 0 Å². The summed E-state index contributed by atoms with van der Waals surface area (Å²) in [6.07, 6.45) is 0.732. The highest BCUT2D eigenvalue weighted by Crippen LogP contribution is 2.39. The van der Waals surface area contributed by atoms with Crippen LogP contribution in [-0.4, -0.2) is 6.61 Å². The maximum Gasteiger partial charge on any atom is 0.168 e. The van der Waals surface area contributed by atoms with Crippen LogP contribution in [0.25, 0.3) is 0 Å². The second-order valence-corrected chi connectivity index (χ2v) is 4.02. The van der Waals surface area contributed by atoms with Crippen LogP contribution in [-0.2, 0) is 0 Å². The largest absolute Gasteiger partial charge is 0.490 e. The first-order valence-corrected chi connectivity index (χ1v) is 4.86. The molecule has 1 nitrogen and oxygen atoms in total. The van der Waals surface area contributed by atoms with Crippen LogP contribution >= 0.6 is 15.9 Å². The summed E-state index contributed by atoms with van der Waals surface area (Å²) in [5.41, 5.74) is 0.559. The average Bonchev–Trinajstić information content (AvgIpc) is 2.07. The summed E-state index contributed by atoms with van der Waals surface area (Å²) in [5.74, 6) is -1.01. The Kier molecular flexibility index (Phi) is 2.24. The van der Waals surface area contributed by atoms with E-state index in [-0.39, 0.29) is 10.6 Å². The summed E-state index contributed by atoms with van der Waals surface area (Å²) < 4.78 is 31.0. The van der Waals surface area contributed by atoms with Crippen molar-refractivity contribution in [2.24, 2.45) is 0 Å². The molecule has 0 spiro atoms. The first kappa shape index (κ1) is 8.94. The number of hydrogen-bond acceptors (Lipinski definition) is 1. The van der Waals surface area contributed by atoms with Gasteiger partial charge in [-0.15, -0.1) is 0 Å². The van der Waals surface area contributed by atoms with E-state index in [0.717, 1.165) is 12.5 Å². The van der Waals surface area contributed by atoms with Crippen LogP contribution in [0.2, 0.25) is 0 Å². The van der Waals surface area contributed by atoms with E-state index in [1.807, 2.05) is 0 Å². The van der Waals surface area contributed by atoms with E-state index in [1.165, 1.54) is 6.07 Å². The molecule has 0 saturated carbocycles. The van der Waals surface area contributed by atoms with Crippen molar-refractivity contribution >= 4 is 15.9 Å². The quantitative estimate of drug-likeness (QED) is 0.641. The molecule has 0 radical (unpaired) electrons. The van der Waals surface area contributed by atoms with E-state index in [4.69, 9.17) is 4.74 Å². The topological polar surface area (TPSA) is 9.23 Å². The Morgan fingerprint density at radius 3 is 2.92 bits per heavy atom. The predicted molar refractivity (Wildman–Crippen MR) is 48.1 cm³/mol. The summed E-state index contributed by atoms with van der Waals surface area (Å²) in [4.78, 5) is -0.0125. The van der Waals surface area contributed by atoms with Crippen molar-refractivity contribution in [2.45, 2.75) is 11.2 Å². The molecule has 1 aromatic rings. The summed E-state index contributed by atoms with van der Waals surface area (Å²) in [7, 11) is 0. The van der Waals surface area contributed by atoms with Crippen LogP contribution in [0, 0.1) is 11.6 Å². The van der Waals surface area contributed by atoms with Crippen molar-refractivity contribution in [3.8, 4) is 5.75 Å². The number of alkyl halides is 1. The fourth-order valence-corrected chi connectivity index (χ4v) is 1.91. The van der Waals surface area contributed by atoms with Gasteiger partial charge in [0.25, 0.3) is 0 Å². The fourth-order valence-electron chi connectivity index (χ4n) is 1.39. The number of rotatable bonds is 0. The third kappa shape index (κ3) is 1.55. The highest BCUT2D eigenvalue weighted by molar-refractivity contribution is 9.09. The van der Waals surface area contributed by atoms with E-state index in [2.05, 4.69) is 15.9 Å². The monoisotopic (exact) mass is 248 g/mol. The molecule has 4 heteroatoms. The van der Waals surface area contributed by atoms with Gasteiger partial charge >= 0.3 is 0 Å². The Hall–Kier alpha value is -0.640. The van der Waals surface area contributed by atoms with Gasteiger partial charge in [0.15, 0.2) is 11.6 Å². The third-order valence-corrected chi connectivity index (χ3v) is 2.94. The fraction of sp³-hybridized carbons (Fsp3) is 0.333. The number of benzene rings is 1. The predicted octanol–water partition coefficient (Wildman–Crippen LogP) is 3.18. The van der Waals surface area contributed by atoms with Crippen molar-refractivity contribution in [1.82, 2.24) is 0 Å². The van der Waals surface area contributed by atoms with Gasteiger partial charge in [0, 0.05) is 16.5 Å². The molecule has 1 aromatic carbocycles. The number of hydrogen-bond donors (Lipinski definition) is 0. The number of halogens is 3. The lowest BCUT2D eigenvalue weighted by Crippen LogP contribution is -2.12. The first-order chi connectivity index (χ1) is 6.18. The number of fused-ring (bicyclic) bond motifs is 1. The molecule has 1 heterocycles. The average molecular weight is 249 g/mol. The molecule has 1 aliphatic heterocycles. The second kappa shape index (κ2) is 3.25. The van der Waals surface area contributed by atoms with Gasteiger partial charge in [0.05, 0.1) is 6.61 Å². The Balaban J connectivity index is 2.56. The molecule has 0 bridgehead atoms. The van der Waals surface area contributed by atoms with E-state index in [0.29, 0.717) is 12.2 Å². The van der Waals surface area contributed by atoms with Crippen LogP contribution < -0.4 is 4.74 Å². The molecule has 13 heavy (non-hydrogen) atoms. The third-order valence-electron chi connectivity index (χ3n) is 1.99. The van der Waals surface area contributed by atoms with Gasteiger partial charge < -0.3 is 4.74 Å². The Labute approximate surface area is 82.8 Å². The molecule has 1 aliphatic rings. The van der Waals surface area contributed by atoms with E-state index in [1.54, 1.807) is 0 Å². The normalized spacial score (nSPS) is 20.7. The van der Waals surface area contributed by atoms with Crippen molar-refractivity contribution in [2.75, 3.05) is 6.61 Å². The summed E-state index contributed by atoms with van der Waals surface area (Å²) in [5, 5.41) is 0. The minimum Gasteiger partial charge on any atom is -0.490 e. The molecule has 0 amide bonds. The molecule has 2 rings (SSSR count). The molecule has 0 aromatic heterocycles. The lowest BCUT2D eigenvalue weighted by Gasteiger charge is -2.21. The highest BCUT2D eigenvalue weighted by Gasteiger charge is 2.23. The molecule has 1 atom stereocenters. The van der Waals surface area contributed by atoms with Crippen LogP contribution in [0.1, 0.15) is 16.8 Å². The number of ether oxygens (including phenoxy) is 1. The van der Waals surface area contributed by atoms with E-state index < -0.39 is 11.6 Å².